The number of imidazole rings is 1. The van der Waals surface area contributed by atoms with Crippen LogP contribution in [0.2, 0.25) is 0 Å². The van der Waals surface area contributed by atoms with Gasteiger partial charge in [0, 0.05) is 7.05 Å². The van der Waals surface area contributed by atoms with Crippen LogP contribution in [0.1, 0.15) is 27.3 Å². The summed E-state index contributed by atoms with van der Waals surface area (Å²) in [7, 11) is 1.90. The number of aromatic nitrogens is 2. The summed E-state index contributed by atoms with van der Waals surface area (Å²) in [5.41, 5.74) is 4.07. The van der Waals surface area contributed by atoms with E-state index in [9.17, 15) is 4.79 Å². The number of ether oxygens (including phenoxy) is 1. The molecule has 3 rings (SSSR count). The van der Waals surface area contributed by atoms with Gasteiger partial charge in [0.15, 0.2) is 0 Å². The maximum Gasteiger partial charge on any atom is 0.335 e. The van der Waals surface area contributed by atoms with E-state index in [1.165, 1.54) is 5.56 Å². The van der Waals surface area contributed by atoms with Crippen LogP contribution in [0.4, 0.5) is 0 Å². The molecule has 0 bridgehead atoms. The third-order valence-electron chi connectivity index (χ3n) is 4.13. The van der Waals surface area contributed by atoms with Crippen molar-refractivity contribution in [3.05, 3.63) is 58.9 Å². The van der Waals surface area contributed by atoms with Crippen molar-refractivity contribution < 1.29 is 14.6 Å². The van der Waals surface area contributed by atoms with Crippen LogP contribution >= 0.6 is 0 Å². The molecule has 1 heterocycles. The number of carboxylic acids is 1. The van der Waals surface area contributed by atoms with E-state index in [0.29, 0.717) is 12.1 Å². The monoisotopic (exact) mass is 310 g/mol. The number of aromatic carboxylic acids is 1. The Morgan fingerprint density at radius 3 is 2.78 bits per heavy atom. The molecule has 5 heteroatoms. The second-order valence-electron chi connectivity index (χ2n) is 5.58. The molecule has 0 aliphatic rings. The van der Waals surface area contributed by atoms with E-state index in [-0.39, 0.29) is 5.56 Å². The third-order valence-corrected chi connectivity index (χ3v) is 4.13. The molecule has 0 saturated carbocycles. The summed E-state index contributed by atoms with van der Waals surface area (Å²) in [6.07, 6.45) is 0. The van der Waals surface area contributed by atoms with Crippen molar-refractivity contribution in [1.82, 2.24) is 9.55 Å². The van der Waals surface area contributed by atoms with Gasteiger partial charge in [0.05, 0.1) is 16.6 Å². The molecule has 1 aromatic heterocycles. The fraction of sp³-hybridized carbons (Fsp3) is 0.222. The lowest BCUT2D eigenvalue weighted by atomic mass is 10.1. The number of nitrogens with zero attached hydrogens (tertiary/aromatic N) is 2. The largest absolute Gasteiger partial charge is 0.485 e. The van der Waals surface area contributed by atoms with Crippen LogP contribution in [0.15, 0.2) is 36.4 Å². The minimum Gasteiger partial charge on any atom is -0.485 e. The van der Waals surface area contributed by atoms with E-state index in [4.69, 9.17) is 9.84 Å². The van der Waals surface area contributed by atoms with Gasteiger partial charge in [-0.05, 0) is 49.2 Å². The zero-order valence-electron chi connectivity index (χ0n) is 13.3. The normalized spacial score (nSPS) is 10.9. The van der Waals surface area contributed by atoms with Gasteiger partial charge < -0.3 is 14.4 Å². The van der Waals surface area contributed by atoms with Gasteiger partial charge in [0.25, 0.3) is 0 Å². The Morgan fingerprint density at radius 2 is 2.04 bits per heavy atom. The van der Waals surface area contributed by atoms with Crippen molar-refractivity contribution in [2.24, 2.45) is 7.05 Å². The summed E-state index contributed by atoms with van der Waals surface area (Å²) < 4.78 is 7.81. The zero-order chi connectivity index (χ0) is 16.6. The van der Waals surface area contributed by atoms with Gasteiger partial charge in [-0.1, -0.05) is 12.1 Å². The van der Waals surface area contributed by atoms with Gasteiger partial charge >= 0.3 is 5.97 Å². The number of aryl methyl sites for hydroxylation is 2. The van der Waals surface area contributed by atoms with E-state index in [0.717, 1.165) is 22.7 Å². The Kier molecular flexibility index (Phi) is 3.78. The summed E-state index contributed by atoms with van der Waals surface area (Å²) >= 11 is 0. The number of hydrogen-bond donors (Lipinski definition) is 1. The Morgan fingerprint density at radius 1 is 1.26 bits per heavy atom. The average Bonchev–Trinajstić information content (AvgIpc) is 2.84. The van der Waals surface area contributed by atoms with Gasteiger partial charge in [-0.2, -0.15) is 0 Å². The second-order valence-corrected chi connectivity index (χ2v) is 5.58. The highest BCUT2D eigenvalue weighted by molar-refractivity contribution is 5.92. The molecule has 0 unspecified atom stereocenters. The lowest BCUT2D eigenvalue weighted by Gasteiger charge is -2.10. The molecule has 0 aliphatic heterocycles. The van der Waals surface area contributed by atoms with Crippen molar-refractivity contribution in [2.75, 3.05) is 0 Å². The Hall–Kier alpha value is -2.82. The van der Waals surface area contributed by atoms with Gasteiger partial charge in [-0.3, -0.25) is 0 Å². The lowest BCUT2D eigenvalue weighted by molar-refractivity contribution is 0.0697. The fourth-order valence-electron chi connectivity index (χ4n) is 2.53. The molecular weight excluding hydrogens is 292 g/mol. The number of fused-ring (bicyclic) bond motifs is 1. The van der Waals surface area contributed by atoms with Gasteiger partial charge in [0.2, 0.25) is 0 Å². The maximum atomic E-state index is 11.1. The summed E-state index contributed by atoms with van der Waals surface area (Å²) in [6.45, 7) is 4.40. The van der Waals surface area contributed by atoms with Crippen LogP contribution in [-0.4, -0.2) is 20.6 Å². The third kappa shape index (κ3) is 2.77. The van der Waals surface area contributed by atoms with Crippen molar-refractivity contribution in [1.29, 1.82) is 0 Å². The minimum atomic E-state index is -0.953. The smallest absolute Gasteiger partial charge is 0.335 e. The SMILES string of the molecule is Cc1cccc(OCc2nc3cc(C(=O)O)ccc3n2C)c1C. The number of benzene rings is 2. The number of carbonyl (C=O) groups is 1. The topological polar surface area (TPSA) is 64.3 Å². The van der Waals surface area contributed by atoms with Crippen molar-refractivity contribution in [3.8, 4) is 5.75 Å². The van der Waals surface area contributed by atoms with Crippen molar-refractivity contribution in [2.45, 2.75) is 20.5 Å². The standard InChI is InChI=1S/C18H18N2O3/c1-11-5-4-6-16(12(11)2)23-10-17-19-14-9-13(18(21)22)7-8-15(14)20(17)3/h4-9H,10H2,1-3H3,(H,21,22). The van der Waals surface area contributed by atoms with E-state index >= 15 is 0 Å². The predicted octanol–water partition coefficient (Wildman–Crippen LogP) is 3.47. The van der Waals surface area contributed by atoms with Crippen LogP contribution in [0, 0.1) is 13.8 Å². The quantitative estimate of drug-likeness (QED) is 0.801. The first-order chi connectivity index (χ1) is 11.0. The van der Waals surface area contributed by atoms with E-state index in [2.05, 4.69) is 4.98 Å². The average molecular weight is 310 g/mol. The molecule has 0 spiro atoms. The molecule has 0 aliphatic carbocycles. The molecule has 5 nitrogen and oxygen atoms in total. The zero-order valence-corrected chi connectivity index (χ0v) is 13.3. The molecule has 118 valence electrons. The first-order valence-corrected chi connectivity index (χ1v) is 7.35. The number of carboxylic acid groups (broad SMARTS) is 1. The second kappa shape index (κ2) is 5.76. The highest BCUT2D eigenvalue weighted by Crippen LogP contribution is 2.23. The van der Waals surface area contributed by atoms with Crippen molar-refractivity contribution in [3.63, 3.8) is 0 Å². The van der Waals surface area contributed by atoms with E-state index in [1.807, 2.05) is 43.7 Å². The molecule has 3 aromatic rings. The fourth-order valence-corrected chi connectivity index (χ4v) is 2.53. The summed E-state index contributed by atoms with van der Waals surface area (Å²) in [5, 5.41) is 9.07. The molecule has 0 fully saturated rings. The Bertz CT molecular complexity index is 897. The van der Waals surface area contributed by atoms with Gasteiger partial charge in [-0.25, -0.2) is 9.78 Å². The summed E-state index contributed by atoms with van der Waals surface area (Å²) in [5.74, 6) is 0.637. The van der Waals surface area contributed by atoms with Crippen LogP contribution in [0.25, 0.3) is 11.0 Å². The number of rotatable bonds is 4. The Balaban J connectivity index is 1.89. The predicted molar refractivity (Wildman–Crippen MR) is 87.9 cm³/mol. The highest BCUT2D eigenvalue weighted by atomic mass is 16.5. The summed E-state index contributed by atoms with van der Waals surface area (Å²) in [6, 6.07) is 10.9. The van der Waals surface area contributed by atoms with E-state index < -0.39 is 5.97 Å². The first kappa shape index (κ1) is 15.1. The molecule has 0 saturated heterocycles. The summed E-state index contributed by atoms with van der Waals surface area (Å²) in [4.78, 5) is 15.6. The molecule has 0 amide bonds. The molecule has 0 atom stereocenters. The number of hydrogen-bond acceptors (Lipinski definition) is 3. The highest BCUT2D eigenvalue weighted by Gasteiger charge is 2.12. The molecular formula is C18H18N2O3. The molecule has 23 heavy (non-hydrogen) atoms. The maximum absolute atomic E-state index is 11.1. The van der Waals surface area contributed by atoms with Crippen molar-refractivity contribution >= 4 is 17.0 Å². The van der Waals surface area contributed by atoms with Crippen LogP contribution in [0.5, 0.6) is 5.75 Å². The van der Waals surface area contributed by atoms with Gasteiger partial charge in [-0.15, -0.1) is 0 Å². The first-order valence-electron chi connectivity index (χ1n) is 7.35. The molecule has 0 radical (unpaired) electrons. The minimum absolute atomic E-state index is 0.234. The molecule has 1 N–H and O–H groups in total. The van der Waals surface area contributed by atoms with Crippen LogP contribution < -0.4 is 4.74 Å². The Labute approximate surface area is 134 Å². The molecule has 2 aromatic carbocycles. The van der Waals surface area contributed by atoms with Gasteiger partial charge in [0.1, 0.15) is 18.2 Å². The van der Waals surface area contributed by atoms with Crippen LogP contribution in [0.3, 0.4) is 0 Å². The lowest BCUT2D eigenvalue weighted by Crippen LogP contribution is -2.04. The van der Waals surface area contributed by atoms with Crippen LogP contribution in [-0.2, 0) is 13.7 Å². The van der Waals surface area contributed by atoms with E-state index in [1.54, 1.807) is 18.2 Å².